The topological polar surface area (TPSA) is 130 Å². The molecule has 1 aromatic heterocycles. The molecule has 8 heteroatoms. The van der Waals surface area contributed by atoms with E-state index in [4.69, 9.17) is 15.9 Å². The first-order valence-electron chi connectivity index (χ1n) is 9.08. The van der Waals surface area contributed by atoms with Crippen molar-refractivity contribution >= 4 is 18.0 Å². The number of hydrogen-bond acceptors (Lipinski definition) is 6. The zero-order valence-electron chi connectivity index (χ0n) is 16.3. The van der Waals surface area contributed by atoms with E-state index in [9.17, 15) is 14.7 Å². The number of imide groups is 1. The maximum Gasteiger partial charge on any atom is 0.424 e. The van der Waals surface area contributed by atoms with Crippen LogP contribution in [0.1, 0.15) is 73.3 Å². The van der Waals surface area contributed by atoms with Crippen LogP contribution in [0, 0.1) is 12.3 Å². The summed E-state index contributed by atoms with van der Waals surface area (Å²) < 4.78 is 5.20. The van der Waals surface area contributed by atoms with Crippen LogP contribution in [0.2, 0.25) is 0 Å². The van der Waals surface area contributed by atoms with Crippen molar-refractivity contribution in [1.29, 1.82) is 5.41 Å². The Bertz CT molecular complexity index is 755. The van der Waals surface area contributed by atoms with Gasteiger partial charge in [0.15, 0.2) is 0 Å². The summed E-state index contributed by atoms with van der Waals surface area (Å²) in [6.45, 7) is 6.66. The van der Waals surface area contributed by atoms with Crippen molar-refractivity contribution in [3.8, 4) is 0 Å². The van der Waals surface area contributed by atoms with Gasteiger partial charge in [0.05, 0.1) is 17.9 Å². The number of aliphatic hydroxyl groups is 1. The summed E-state index contributed by atoms with van der Waals surface area (Å²) in [4.78, 5) is 30.4. The van der Waals surface area contributed by atoms with E-state index in [1.54, 1.807) is 33.8 Å². The van der Waals surface area contributed by atoms with Crippen molar-refractivity contribution < 1.29 is 19.4 Å². The Morgan fingerprint density at radius 2 is 2.07 bits per heavy atom. The Hall–Kier alpha value is -2.48. The number of guanidine groups is 1. The predicted molar refractivity (Wildman–Crippen MR) is 101 cm³/mol. The van der Waals surface area contributed by atoms with Crippen LogP contribution in [0.5, 0.6) is 0 Å². The first kappa shape index (κ1) is 20.8. The van der Waals surface area contributed by atoms with Gasteiger partial charge in [0.2, 0.25) is 5.96 Å². The van der Waals surface area contributed by atoms with Gasteiger partial charge in [-0.15, -0.1) is 0 Å². The van der Waals surface area contributed by atoms with Crippen LogP contribution >= 0.6 is 0 Å². The third kappa shape index (κ3) is 4.82. The van der Waals surface area contributed by atoms with Crippen molar-refractivity contribution in [2.45, 2.75) is 64.9 Å². The van der Waals surface area contributed by atoms with E-state index in [0.717, 1.165) is 36.9 Å². The quantitative estimate of drug-likeness (QED) is 0.413. The normalized spacial score (nSPS) is 16.9. The molecule has 2 amide bonds. The van der Waals surface area contributed by atoms with Gasteiger partial charge >= 0.3 is 6.09 Å². The molecule has 1 unspecified atom stereocenters. The molecule has 0 aromatic carbocycles. The van der Waals surface area contributed by atoms with Gasteiger partial charge in [-0.2, -0.15) is 4.90 Å². The smallest absolute Gasteiger partial charge is 0.424 e. The van der Waals surface area contributed by atoms with Crippen LogP contribution in [0.4, 0.5) is 4.79 Å². The summed E-state index contributed by atoms with van der Waals surface area (Å²) in [5.41, 5.74) is 6.96. The van der Waals surface area contributed by atoms with Crippen molar-refractivity contribution in [1.82, 2.24) is 9.88 Å². The Labute approximate surface area is 159 Å². The number of rotatable bonds is 2. The van der Waals surface area contributed by atoms with E-state index >= 15 is 0 Å². The summed E-state index contributed by atoms with van der Waals surface area (Å²) in [5.74, 6) is -1.51. The lowest BCUT2D eigenvalue weighted by Gasteiger charge is -2.25. The van der Waals surface area contributed by atoms with E-state index in [0.29, 0.717) is 10.6 Å². The number of aliphatic hydroxyl groups excluding tert-OH is 1. The van der Waals surface area contributed by atoms with Crippen LogP contribution < -0.4 is 5.73 Å². The number of aromatic nitrogens is 1. The van der Waals surface area contributed by atoms with Crippen LogP contribution in [0.3, 0.4) is 0 Å². The van der Waals surface area contributed by atoms with E-state index in [2.05, 4.69) is 4.98 Å². The highest BCUT2D eigenvalue weighted by Crippen LogP contribution is 2.30. The van der Waals surface area contributed by atoms with Gasteiger partial charge in [-0.05, 0) is 58.6 Å². The number of pyridine rings is 1. The molecule has 1 aromatic rings. The van der Waals surface area contributed by atoms with Crippen LogP contribution in [-0.2, 0) is 11.2 Å². The minimum absolute atomic E-state index is 0.00418. The van der Waals surface area contributed by atoms with Crippen molar-refractivity contribution in [3.05, 3.63) is 28.6 Å². The lowest BCUT2D eigenvalue weighted by atomic mass is 9.96. The van der Waals surface area contributed by atoms with E-state index in [-0.39, 0.29) is 18.1 Å². The molecular formula is C19H28N4O4. The molecule has 4 N–H and O–H groups in total. The summed E-state index contributed by atoms with van der Waals surface area (Å²) >= 11 is 0. The molecule has 0 saturated heterocycles. The highest BCUT2D eigenvalue weighted by atomic mass is 16.6. The molecule has 0 radical (unpaired) electrons. The minimum Gasteiger partial charge on any atom is -0.443 e. The van der Waals surface area contributed by atoms with E-state index < -0.39 is 23.6 Å². The minimum atomic E-state index is -0.998. The molecule has 0 aliphatic heterocycles. The average Bonchev–Trinajstić information content (AvgIpc) is 2.73. The number of hydrogen-bond donors (Lipinski definition) is 3. The van der Waals surface area contributed by atoms with E-state index in [1.807, 2.05) is 0 Å². The summed E-state index contributed by atoms with van der Waals surface area (Å²) in [6.07, 6.45) is 2.50. The maximum atomic E-state index is 13.0. The molecule has 1 atom stereocenters. The molecule has 1 aliphatic rings. The zero-order chi connectivity index (χ0) is 20.4. The maximum absolute atomic E-state index is 13.0. The molecule has 0 spiro atoms. The molecule has 148 valence electrons. The highest BCUT2D eigenvalue weighted by molar-refractivity contribution is 6.15. The lowest BCUT2D eigenvalue weighted by molar-refractivity contribution is 0.0347. The number of ether oxygens (including phenoxy) is 1. The Morgan fingerprint density at radius 3 is 2.63 bits per heavy atom. The van der Waals surface area contributed by atoms with Crippen molar-refractivity contribution in [3.63, 3.8) is 0 Å². The fourth-order valence-corrected chi connectivity index (χ4v) is 3.17. The van der Waals surface area contributed by atoms with Gasteiger partial charge in [0.25, 0.3) is 5.91 Å². The summed E-state index contributed by atoms with van der Waals surface area (Å²) in [7, 11) is 0. The third-order valence-electron chi connectivity index (χ3n) is 4.43. The standard InChI is InChI=1S/C19H28N4O4/c1-11-14(9-12-7-5-6-8-13(10-24)15(12)22-11)16(25)23(17(20)21)18(26)27-19(2,3)4/h9,13,24H,5-8,10H2,1-4H3,(H3,20,21). The second kappa shape index (κ2) is 8.04. The first-order valence-corrected chi connectivity index (χ1v) is 9.08. The van der Waals surface area contributed by atoms with Gasteiger partial charge in [-0.25, -0.2) is 4.79 Å². The summed E-state index contributed by atoms with van der Waals surface area (Å²) in [6, 6.07) is 1.70. The van der Waals surface area contributed by atoms with E-state index in [1.165, 1.54) is 0 Å². The molecule has 8 nitrogen and oxygen atoms in total. The molecule has 0 fully saturated rings. The second-order valence-corrected chi connectivity index (χ2v) is 7.80. The van der Waals surface area contributed by atoms with Gasteiger partial charge in [-0.3, -0.25) is 15.2 Å². The fourth-order valence-electron chi connectivity index (χ4n) is 3.17. The molecule has 2 rings (SSSR count). The van der Waals surface area contributed by atoms with Crippen LogP contribution in [-0.4, -0.2) is 45.2 Å². The molecule has 1 heterocycles. The van der Waals surface area contributed by atoms with Gasteiger partial charge in [0.1, 0.15) is 5.60 Å². The Balaban J connectivity index is 2.43. The highest BCUT2D eigenvalue weighted by Gasteiger charge is 2.32. The zero-order valence-corrected chi connectivity index (χ0v) is 16.3. The predicted octanol–water partition coefficient (Wildman–Crippen LogP) is 2.46. The second-order valence-electron chi connectivity index (χ2n) is 7.80. The Morgan fingerprint density at radius 1 is 1.41 bits per heavy atom. The first-order chi connectivity index (χ1) is 12.5. The van der Waals surface area contributed by atoms with Gasteiger partial charge in [0, 0.05) is 11.6 Å². The number of carbonyl (C=O) groups is 2. The van der Waals surface area contributed by atoms with Crippen molar-refractivity contribution in [2.75, 3.05) is 6.61 Å². The molecule has 0 bridgehead atoms. The molecule has 1 aliphatic carbocycles. The largest absolute Gasteiger partial charge is 0.443 e. The van der Waals surface area contributed by atoms with Crippen LogP contribution in [0.15, 0.2) is 6.07 Å². The SMILES string of the molecule is Cc1nc2c(cc1C(=O)N(C(=N)N)C(=O)OC(C)(C)C)CCCCC2CO. The lowest BCUT2D eigenvalue weighted by Crippen LogP contribution is -2.48. The van der Waals surface area contributed by atoms with Gasteiger partial charge in [-0.1, -0.05) is 6.42 Å². The number of aryl methyl sites for hydroxylation is 2. The number of amides is 2. The number of nitrogens with zero attached hydrogens (tertiary/aromatic N) is 2. The monoisotopic (exact) mass is 376 g/mol. The Kier molecular flexibility index (Phi) is 6.20. The average molecular weight is 376 g/mol. The molecule has 27 heavy (non-hydrogen) atoms. The third-order valence-corrected chi connectivity index (χ3v) is 4.43. The number of fused-ring (bicyclic) bond motifs is 1. The number of nitrogens with one attached hydrogen (secondary N) is 1. The van der Waals surface area contributed by atoms with Crippen LogP contribution in [0.25, 0.3) is 0 Å². The molecular weight excluding hydrogens is 348 g/mol. The molecule has 0 saturated carbocycles. The number of nitrogens with two attached hydrogens (primary N) is 1. The van der Waals surface area contributed by atoms with Gasteiger partial charge < -0.3 is 15.6 Å². The number of carbonyl (C=O) groups excluding carboxylic acids is 2. The fraction of sp³-hybridized carbons (Fsp3) is 0.579. The van der Waals surface area contributed by atoms with Crippen molar-refractivity contribution in [2.24, 2.45) is 5.73 Å². The summed E-state index contributed by atoms with van der Waals surface area (Å²) in [5, 5.41) is 17.3.